The van der Waals surface area contributed by atoms with Crippen LogP contribution in [0.2, 0.25) is 0 Å². The molecule has 2 aromatic carbocycles. The summed E-state index contributed by atoms with van der Waals surface area (Å²) in [5, 5.41) is 2.86. The van der Waals surface area contributed by atoms with Crippen LogP contribution in [0.4, 0.5) is 11.4 Å². The second-order valence-corrected chi connectivity index (χ2v) is 4.28. The smallest absolute Gasteiger partial charge is 0.228 e. The van der Waals surface area contributed by atoms with E-state index in [1.165, 1.54) is 0 Å². The molecule has 2 rings (SSSR count). The first-order chi connectivity index (χ1) is 8.65. The molecule has 0 aromatic heterocycles. The summed E-state index contributed by atoms with van der Waals surface area (Å²) in [4.78, 5) is 11.8. The lowest BCUT2D eigenvalue weighted by Gasteiger charge is -2.07. The van der Waals surface area contributed by atoms with E-state index in [2.05, 4.69) is 5.32 Å². The van der Waals surface area contributed by atoms with Gasteiger partial charge in [0.25, 0.3) is 0 Å². The number of carbonyl (C=O) groups is 1. The van der Waals surface area contributed by atoms with Gasteiger partial charge in [-0.3, -0.25) is 4.79 Å². The predicted octanol–water partition coefficient (Wildman–Crippen LogP) is 2.76. The van der Waals surface area contributed by atoms with Gasteiger partial charge in [0.05, 0.1) is 6.42 Å². The van der Waals surface area contributed by atoms with Crippen molar-refractivity contribution in [2.75, 3.05) is 11.1 Å². The van der Waals surface area contributed by atoms with Gasteiger partial charge >= 0.3 is 0 Å². The average Bonchev–Trinajstić information content (AvgIpc) is 2.35. The Bertz CT molecular complexity index is 550. The van der Waals surface area contributed by atoms with E-state index in [-0.39, 0.29) is 5.91 Å². The molecule has 0 aliphatic carbocycles. The summed E-state index contributed by atoms with van der Waals surface area (Å²) in [6, 6.07) is 15.1. The Morgan fingerprint density at radius 3 is 2.56 bits per heavy atom. The van der Waals surface area contributed by atoms with E-state index < -0.39 is 0 Å². The van der Waals surface area contributed by atoms with Crippen LogP contribution in [0.3, 0.4) is 0 Å². The highest BCUT2D eigenvalue weighted by Gasteiger charge is 2.04. The largest absolute Gasteiger partial charge is 0.399 e. The van der Waals surface area contributed by atoms with Crippen LogP contribution < -0.4 is 11.1 Å². The number of anilines is 2. The van der Waals surface area contributed by atoms with E-state index in [9.17, 15) is 4.79 Å². The van der Waals surface area contributed by atoms with Crippen LogP contribution in [-0.2, 0) is 11.2 Å². The lowest BCUT2D eigenvalue weighted by Crippen LogP contribution is -2.14. The Kier molecular flexibility index (Phi) is 3.63. The van der Waals surface area contributed by atoms with Gasteiger partial charge in [-0.1, -0.05) is 30.3 Å². The number of carbonyl (C=O) groups excluding carboxylic acids is 1. The van der Waals surface area contributed by atoms with Crippen molar-refractivity contribution in [3.05, 3.63) is 59.7 Å². The molecule has 92 valence electrons. The number of rotatable bonds is 3. The van der Waals surface area contributed by atoms with E-state index in [1.54, 1.807) is 6.07 Å². The van der Waals surface area contributed by atoms with Crippen LogP contribution in [0, 0.1) is 6.92 Å². The Morgan fingerprint density at radius 1 is 1.17 bits per heavy atom. The van der Waals surface area contributed by atoms with Crippen molar-refractivity contribution < 1.29 is 4.79 Å². The second-order valence-electron chi connectivity index (χ2n) is 4.28. The summed E-state index contributed by atoms with van der Waals surface area (Å²) in [5.74, 6) is -0.0228. The Balaban J connectivity index is 2.01. The third kappa shape index (κ3) is 3.10. The van der Waals surface area contributed by atoms with Gasteiger partial charge in [0, 0.05) is 11.4 Å². The number of nitrogens with two attached hydrogens (primary N) is 1. The first-order valence-electron chi connectivity index (χ1n) is 5.85. The zero-order chi connectivity index (χ0) is 13.0. The van der Waals surface area contributed by atoms with Crippen molar-refractivity contribution in [1.82, 2.24) is 0 Å². The Morgan fingerprint density at radius 2 is 1.89 bits per heavy atom. The highest BCUT2D eigenvalue weighted by Crippen LogP contribution is 2.16. The lowest BCUT2D eigenvalue weighted by molar-refractivity contribution is -0.115. The molecule has 0 bridgehead atoms. The highest BCUT2D eigenvalue weighted by molar-refractivity contribution is 5.92. The van der Waals surface area contributed by atoms with E-state index in [1.807, 2.05) is 49.4 Å². The first kappa shape index (κ1) is 12.2. The maximum Gasteiger partial charge on any atom is 0.228 e. The molecule has 3 heteroatoms. The summed E-state index contributed by atoms with van der Waals surface area (Å²) in [7, 11) is 0. The number of benzene rings is 2. The molecule has 0 saturated carbocycles. The number of amides is 1. The molecule has 0 atom stereocenters. The first-order valence-corrected chi connectivity index (χ1v) is 5.85. The van der Waals surface area contributed by atoms with Gasteiger partial charge < -0.3 is 11.1 Å². The number of nitrogens with one attached hydrogen (secondary N) is 1. The van der Waals surface area contributed by atoms with Crippen LogP contribution >= 0.6 is 0 Å². The topological polar surface area (TPSA) is 55.1 Å². The van der Waals surface area contributed by atoms with Gasteiger partial charge in [0.2, 0.25) is 5.91 Å². The van der Waals surface area contributed by atoms with Crippen molar-refractivity contribution >= 4 is 17.3 Å². The third-order valence-electron chi connectivity index (χ3n) is 2.76. The van der Waals surface area contributed by atoms with Gasteiger partial charge in [0.15, 0.2) is 0 Å². The van der Waals surface area contributed by atoms with E-state index in [4.69, 9.17) is 5.73 Å². The normalized spacial score (nSPS) is 10.1. The molecule has 0 unspecified atom stereocenters. The summed E-state index contributed by atoms with van der Waals surface area (Å²) in [6.07, 6.45) is 0.379. The van der Waals surface area contributed by atoms with Crippen molar-refractivity contribution in [3.63, 3.8) is 0 Å². The lowest BCUT2D eigenvalue weighted by atomic mass is 10.1. The van der Waals surface area contributed by atoms with Crippen molar-refractivity contribution in [3.8, 4) is 0 Å². The molecular formula is C15H16N2O. The molecule has 0 saturated heterocycles. The molecule has 0 aliphatic rings. The average molecular weight is 240 g/mol. The minimum absolute atomic E-state index is 0.0228. The van der Waals surface area contributed by atoms with Crippen LogP contribution in [0.15, 0.2) is 48.5 Å². The standard InChI is InChI=1S/C15H16N2O/c1-11-9-13(7-8-14(11)16)17-15(18)10-12-5-3-2-4-6-12/h2-9H,10,16H2,1H3,(H,17,18). The molecule has 2 aromatic rings. The van der Waals surface area contributed by atoms with Crippen LogP contribution in [0.25, 0.3) is 0 Å². The van der Waals surface area contributed by atoms with Gasteiger partial charge in [-0.2, -0.15) is 0 Å². The fourth-order valence-electron chi connectivity index (χ4n) is 1.74. The van der Waals surface area contributed by atoms with E-state index >= 15 is 0 Å². The molecule has 0 aliphatic heterocycles. The minimum atomic E-state index is -0.0228. The zero-order valence-corrected chi connectivity index (χ0v) is 10.3. The van der Waals surface area contributed by atoms with Crippen LogP contribution in [0.1, 0.15) is 11.1 Å². The number of aryl methyl sites for hydroxylation is 1. The number of hydrogen-bond donors (Lipinski definition) is 2. The molecule has 18 heavy (non-hydrogen) atoms. The van der Waals surface area contributed by atoms with Crippen molar-refractivity contribution in [2.45, 2.75) is 13.3 Å². The van der Waals surface area contributed by atoms with Gasteiger partial charge in [0.1, 0.15) is 0 Å². The van der Waals surface area contributed by atoms with Gasteiger partial charge in [-0.25, -0.2) is 0 Å². The fourth-order valence-corrected chi connectivity index (χ4v) is 1.74. The minimum Gasteiger partial charge on any atom is -0.399 e. The third-order valence-corrected chi connectivity index (χ3v) is 2.76. The maximum absolute atomic E-state index is 11.8. The monoisotopic (exact) mass is 240 g/mol. The maximum atomic E-state index is 11.8. The summed E-state index contributed by atoms with van der Waals surface area (Å²) >= 11 is 0. The molecule has 0 heterocycles. The SMILES string of the molecule is Cc1cc(NC(=O)Cc2ccccc2)ccc1N. The summed E-state index contributed by atoms with van der Waals surface area (Å²) < 4.78 is 0. The summed E-state index contributed by atoms with van der Waals surface area (Å²) in [6.45, 7) is 1.92. The molecular weight excluding hydrogens is 224 g/mol. The molecule has 3 N–H and O–H groups in total. The Labute approximate surface area is 107 Å². The quantitative estimate of drug-likeness (QED) is 0.810. The molecule has 3 nitrogen and oxygen atoms in total. The predicted molar refractivity (Wildman–Crippen MR) is 74.4 cm³/mol. The number of hydrogen-bond acceptors (Lipinski definition) is 2. The van der Waals surface area contributed by atoms with E-state index in [0.29, 0.717) is 6.42 Å². The molecule has 0 fully saturated rings. The summed E-state index contributed by atoms with van der Waals surface area (Å²) in [5.41, 5.74) is 9.21. The highest BCUT2D eigenvalue weighted by atomic mass is 16.1. The number of nitrogen functional groups attached to an aromatic ring is 1. The Hall–Kier alpha value is -2.29. The molecule has 0 spiro atoms. The molecule has 0 radical (unpaired) electrons. The van der Waals surface area contributed by atoms with Crippen LogP contribution in [0.5, 0.6) is 0 Å². The zero-order valence-electron chi connectivity index (χ0n) is 10.3. The van der Waals surface area contributed by atoms with Crippen LogP contribution in [-0.4, -0.2) is 5.91 Å². The van der Waals surface area contributed by atoms with E-state index in [0.717, 1.165) is 22.5 Å². The van der Waals surface area contributed by atoms with Crippen molar-refractivity contribution in [2.24, 2.45) is 0 Å². The van der Waals surface area contributed by atoms with Gasteiger partial charge in [-0.05, 0) is 36.2 Å². The molecule has 1 amide bonds. The second kappa shape index (κ2) is 5.36. The van der Waals surface area contributed by atoms with Crippen molar-refractivity contribution in [1.29, 1.82) is 0 Å². The fraction of sp³-hybridized carbons (Fsp3) is 0.133. The van der Waals surface area contributed by atoms with Gasteiger partial charge in [-0.15, -0.1) is 0 Å².